The SMILES string of the molecule is CCN(CC)c1ccc(C(C2=CC(C)C(NCCCC(F)(F)F)c3ccccc32)c2ccc(N(CC)CC)cc2C)cc1. The Morgan fingerprint density at radius 3 is 2.02 bits per heavy atom. The van der Waals surface area contributed by atoms with Gasteiger partial charge in [-0.3, -0.25) is 0 Å². The van der Waals surface area contributed by atoms with E-state index in [4.69, 9.17) is 0 Å². The van der Waals surface area contributed by atoms with Gasteiger partial charge in [0.05, 0.1) is 0 Å². The van der Waals surface area contributed by atoms with Crippen LogP contribution in [-0.2, 0) is 0 Å². The molecule has 0 bridgehead atoms. The lowest BCUT2D eigenvalue weighted by molar-refractivity contribution is -0.135. The number of allylic oxidation sites excluding steroid dienone is 1. The van der Waals surface area contributed by atoms with E-state index >= 15 is 0 Å². The highest BCUT2D eigenvalue weighted by Crippen LogP contribution is 2.47. The molecule has 43 heavy (non-hydrogen) atoms. The van der Waals surface area contributed by atoms with Crippen LogP contribution in [0.5, 0.6) is 0 Å². The molecule has 0 saturated carbocycles. The number of hydrogen-bond acceptors (Lipinski definition) is 3. The molecule has 0 fully saturated rings. The molecule has 0 spiro atoms. The van der Waals surface area contributed by atoms with Crippen LogP contribution in [0, 0.1) is 12.8 Å². The van der Waals surface area contributed by atoms with Gasteiger partial charge in [0.15, 0.2) is 0 Å². The number of benzene rings is 3. The van der Waals surface area contributed by atoms with Gasteiger partial charge in [-0.05, 0) is 111 Å². The van der Waals surface area contributed by atoms with E-state index < -0.39 is 12.6 Å². The van der Waals surface area contributed by atoms with Gasteiger partial charge in [0.2, 0.25) is 0 Å². The third-order valence-corrected chi connectivity index (χ3v) is 8.94. The van der Waals surface area contributed by atoms with Gasteiger partial charge in [0.1, 0.15) is 0 Å². The first-order valence-electron chi connectivity index (χ1n) is 15.9. The molecule has 0 saturated heterocycles. The molecule has 3 nitrogen and oxygen atoms in total. The fraction of sp³-hybridized carbons (Fsp3) is 0.459. The van der Waals surface area contributed by atoms with Crippen LogP contribution < -0.4 is 15.1 Å². The van der Waals surface area contributed by atoms with E-state index in [1.807, 2.05) is 6.07 Å². The number of rotatable bonds is 13. The zero-order valence-corrected chi connectivity index (χ0v) is 26.6. The topological polar surface area (TPSA) is 18.5 Å². The molecular weight excluding hydrogens is 543 g/mol. The lowest BCUT2D eigenvalue weighted by Crippen LogP contribution is -2.31. The fourth-order valence-corrected chi connectivity index (χ4v) is 6.64. The first-order chi connectivity index (χ1) is 20.6. The average molecular weight is 592 g/mol. The molecule has 3 atom stereocenters. The van der Waals surface area contributed by atoms with Gasteiger partial charge < -0.3 is 15.1 Å². The molecule has 3 aromatic carbocycles. The molecule has 6 heteroatoms. The second-order valence-electron chi connectivity index (χ2n) is 11.6. The number of anilines is 2. The number of aryl methyl sites for hydroxylation is 1. The monoisotopic (exact) mass is 591 g/mol. The number of halogens is 3. The molecule has 0 aliphatic heterocycles. The zero-order chi connectivity index (χ0) is 31.1. The van der Waals surface area contributed by atoms with E-state index in [2.05, 4.69) is 123 Å². The summed E-state index contributed by atoms with van der Waals surface area (Å²) in [7, 11) is 0. The molecule has 1 aliphatic carbocycles. The Hall–Kier alpha value is -3.25. The van der Waals surface area contributed by atoms with Crippen molar-refractivity contribution in [2.24, 2.45) is 5.92 Å². The highest BCUT2D eigenvalue weighted by atomic mass is 19.4. The lowest BCUT2D eigenvalue weighted by atomic mass is 9.72. The molecule has 0 amide bonds. The van der Waals surface area contributed by atoms with Crippen LogP contribution in [0.2, 0.25) is 0 Å². The highest BCUT2D eigenvalue weighted by molar-refractivity contribution is 5.80. The Labute approximate surface area is 256 Å². The summed E-state index contributed by atoms with van der Waals surface area (Å²) in [5, 5.41) is 3.46. The summed E-state index contributed by atoms with van der Waals surface area (Å²) in [6.07, 6.45) is -2.47. The summed E-state index contributed by atoms with van der Waals surface area (Å²) in [6.45, 7) is 17.3. The number of nitrogens with one attached hydrogen (secondary N) is 1. The third kappa shape index (κ3) is 7.64. The van der Waals surface area contributed by atoms with Gasteiger partial charge in [-0.2, -0.15) is 13.2 Å². The first-order valence-corrected chi connectivity index (χ1v) is 15.9. The van der Waals surface area contributed by atoms with Crippen LogP contribution >= 0.6 is 0 Å². The maximum Gasteiger partial charge on any atom is 0.389 e. The second-order valence-corrected chi connectivity index (χ2v) is 11.6. The number of fused-ring (bicyclic) bond motifs is 1. The van der Waals surface area contributed by atoms with Crippen LogP contribution in [0.4, 0.5) is 24.5 Å². The zero-order valence-electron chi connectivity index (χ0n) is 26.6. The normalized spacial score (nSPS) is 17.3. The Bertz CT molecular complexity index is 1350. The van der Waals surface area contributed by atoms with E-state index in [-0.39, 0.29) is 24.3 Å². The molecule has 0 radical (unpaired) electrons. The largest absolute Gasteiger partial charge is 0.389 e. The van der Waals surface area contributed by atoms with Crippen molar-refractivity contribution in [1.29, 1.82) is 0 Å². The fourth-order valence-electron chi connectivity index (χ4n) is 6.64. The van der Waals surface area contributed by atoms with Crippen molar-refractivity contribution in [3.63, 3.8) is 0 Å². The molecule has 1 aliphatic rings. The minimum Gasteiger partial charge on any atom is -0.372 e. The predicted molar refractivity (Wildman–Crippen MR) is 176 cm³/mol. The molecule has 3 unspecified atom stereocenters. The van der Waals surface area contributed by atoms with E-state index in [1.165, 1.54) is 39.2 Å². The summed E-state index contributed by atoms with van der Waals surface area (Å²) >= 11 is 0. The van der Waals surface area contributed by atoms with Crippen LogP contribution in [0.3, 0.4) is 0 Å². The van der Waals surface area contributed by atoms with E-state index in [0.717, 1.165) is 31.7 Å². The minimum atomic E-state index is -4.13. The Kier molecular flexibility index (Phi) is 11.0. The quantitative estimate of drug-likeness (QED) is 0.200. The lowest BCUT2D eigenvalue weighted by Gasteiger charge is -2.35. The number of nitrogens with zero attached hydrogens (tertiary/aromatic N) is 2. The van der Waals surface area contributed by atoms with Crippen LogP contribution in [0.25, 0.3) is 5.57 Å². The van der Waals surface area contributed by atoms with Gasteiger partial charge in [-0.1, -0.05) is 55.5 Å². The van der Waals surface area contributed by atoms with Crippen molar-refractivity contribution < 1.29 is 13.2 Å². The van der Waals surface area contributed by atoms with E-state index in [1.54, 1.807) is 0 Å². The van der Waals surface area contributed by atoms with Crippen molar-refractivity contribution in [2.75, 3.05) is 42.5 Å². The average Bonchev–Trinajstić information content (AvgIpc) is 2.99. The summed E-state index contributed by atoms with van der Waals surface area (Å²) in [5.41, 5.74) is 9.79. The van der Waals surface area contributed by atoms with Crippen molar-refractivity contribution in [3.8, 4) is 0 Å². The van der Waals surface area contributed by atoms with Crippen molar-refractivity contribution in [2.45, 2.75) is 72.5 Å². The molecular formula is C37H48F3N3. The van der Waals surface area contributed by atoms with Gasteiger partial charge in [0, 0.05) is 55.9 Å². The van der Waals surface area contributed by atoms with Crippen molar-refractivity contribution in [1.82, 2.24) is 5.32 Å². The van der Waals surface area contributed by atoms with E-state index in [0.29, 0.717) is 6.54 Å². The summed E-state index contributed by atoms with van der Waals surface area (Å²) in [5.74, 6) is 0.134. The molecule has 1 N–H and O–H groups in total. The van der Waals surface area contributed by atoms with Crippen LogP contribution in [-0.4, -0.2) is 38.9 Å². The maximum atomic E-state index is 12.8. The Morgan fingerprint density at radius 2 is 1.42 bits per heavy atom. The smallest absolute Gasteiger partial charge is 0.372 e. The van der Waals surface area contributed by atoms with Crippen molar-refractivity contribution in [3.05, 3.63) is 101 Å². The molecule has 0 heterocycles. The van der Waals surface area contributed by atoms with Gasteiger partial charge in [-0.25, -0.2) is 0 Å². The maximum absolute atomic E-state index is 12.8. The van der Waals surface area contributed by atoms with Gasteiger partial charge in [-0.15, -0.1) is 0 Å². The summed E-state index contributed by atoms with van der Waals surface area (Å²) < 4.78 is 38.4. The predicted octanol–water partition coefficient (Wildman–Crippen LogP) is 9.53. The molecule has 0 aromatic heterocycles. The van der Waals surface area contributed by atoms with Crippen molar-refractivity contribution >= 4 is 16.9 Å². The van der Waals surface area contributed by atoms with Crippen LogP contribution in [0.15, 0.2) is 72.8 Å². The standard InChI is InChI=1S/C37H48F3N3/c1-7-42(8-2)29-18-16-28(17-19-29)35(31-21-20-30(24-26(31)5)43(9-3)10-4)34-25-27(6)36(33-15-12-11-14-32(33)34)41-23-13-22-37(38,39)40/h11-12,14-21,24-25,27,35-36,41H,7-10,13,22-23H2,1-6H3. The Balaban J connectivity index is 1.78. The first kappa shape index (κ1) is 32.7. The third-order valence-electron chi connectivity index (χ3n) is 8.94. The summed E-state index contributed by atoms with van der Waals surface area (Å²) in [4.78, 5) is 4.73. The van der Waals surface area contributed by atoms with Crippen LogP contribution in [0.1, 0.15) is 87.2 Å². The van der Waals surface area contributed by atoms with Gasteiger partial charge in [0.25, 0.3) is 0 Å². The van der Waals surface area contributed by atoms with Gasteiger partial charge >= 0.3 is 6.18 Å². The number of alkyl halides is 3. The Morgan fingerprint density at radius 1 is 0.814 bits per heavy atom. The summed E-state index contributed by atoms with van der Waals surface area (Å²) in [6, 6.07) is 24.2. The second kappa shape index (κ2) is 14.5. The molecule has 3 aromatic rings. The highest BCUT2D eigenvalue weighted by Gasteiger charge is 2.32. The van der Waals surface area contributed by atoms with E-state index in [9.17, 15) is 13.2 Å². The molecule has 4 rings (SSSR count). The minimum absolute atomic E-state index is 0.0197. The molecule has 232 valence electrons. The number of hydrogen-bond donors (Lipinski definition) is 1.